The lowest BCUT2D eigenvalue weighted by Crippen LogP contribution is -2.04. The molecule has 0 radical (unpaired) electrons. The highest BCUT2D eigenvalue weighted by molar-refractivity contribution is 5.11. The number of unbranched alkanes of at least 4 members (excludes halogenated alkanes) is 1. The van der Waals surface area contributed by atoms with E-state index in [1.807, 2.05) is 26.1 Å². The minimum Gasteiger partial charge on any atom is -0.387 e. The standard InChI is InChI=1S/C11H18N2O/c1-4-5-6-7-11(14)10-8-9(2)12-13(10)3/h4,8,11,14H,1,5-7H2,2-3H3. The van der Waals surface area contributed by atoms with Crippen molar-refractivity contribution in [3.8, 4) is 0 Å². The third-order valence-electron chi connectivity index (χ3n) is 2.27. The fourth-order valence-electron chi connectivity index (χ4n) is 1.55. The number of aliphatic hydroxyl groups is 1. The lowest BCUT2D eigenvalue weighted by atomic mass is 10.1. The van der Waals surface area contributed by atoms with Gasteiger partial charge in [-0.1, -0.05) is 6.08 Å². The van der Waals surface area contributed by atoms with Crippen LogP contribution in [-0.4, -0.2) is 14.9 Å². The van der Waals surface area contributed by atoms with Crippen LogP contribution < -0.4 is 0 Å². The van der Waals surface area contributed by atoms with Gasteiger partial charge in [0.2, 0.25) is 0 Å². The van der Waals surface area contributed by atoms with Crippen LogP contribution in [0.15, 0.2) is 18.7 Å². The maximum Gasteiger partial charge on any atom is 0.0956 e. The summed E-state index contributed by atoms with van der Waals surface area (Å²) in [4.78, 5) is 0. The Hall–Kier alpha value is -1.09. The van der Waals surface area contributed by atoms with Crippen LogP contribution in [0.1, 0.15) is 36.8 Å². The lowest BCUT2D eigenvalue weighted by molar-refractivity contribution is 0.155. The summed E-state index contributed by atoms with van der Waals surface area (Å²) in [6.45, 7) is 5.58. The van der Waals surface area contributed by atoms with E-state index in [2.05, 4.69) is 11.7 Å². The molecule has 1 atom stereocenters. The Balaban J connectivity index is 2.55. The van der Waals surface area contributed by atoms with E-state index in [4.69, 9.17) is 0 Å². The molecule has 1 aromatic rings. The topological polar surface area (TPSA) is 38.1 Å². The first-order valence-corrected chi connectivity index (χ1v) is 4.94. The third-order valence-corrected chi connectivity index (χ3v) is 2.27. The Morgan fingerprint density at radius 2 is 2.43 bits per heavy atom. The molecule has 0 saturated carbocycles. The van der Waals surface area contributed by atoms with Gasteiger partial charge in [-0.15, -0.1) is 6.58 Å². The Labute approximate surface area is 85.1 Å². The summed E-state index contributed by atoms with van der Waals surface area (Å²) in [5.74, 6) is 0. The van der Waals surface area contributed by atoms with E-state index in [9.17, 15) is 5.11 Å². The largest absolute Gasteiger partial charge is 0.387 e. The average molecular weight is 194 g/mol. The van der Waals surface area contributed by atoms with Crippen molar-refractivity contribution < 1.29 is 5.11 Å². The molecule has 0 spiro atoms. The Morgan fingerprint density at radius 1 is 1.71 bits per heavy atom. The molecule has 1 N–H and O–H groups in total. The molecule has 1 aromatic heterocycles. The quantitative estimate of drug-likeness (QED) is 0.576. The molecule has 0 fully saturated rings. The molecule has 1 unspecified atom stereocenters. The van der Waals surface area contributed by atoms with Crippen molar-refractivity contribution in [3.05, 3.63) is 30.1 Å². The maximum atomic E-state index is 9.85. The van der Waals surface area contributed by atoms with Gasteiger partial charge in [0.15, 0.2) is 0 Å². The number of rotatable bonds is 5. The predicted molar refractivity (Wildman–Crippen MR) is 57.0 cm³/mol. The summed E-state index contributed by atoms with van der Waals surface area (Å²) in [6, 6.07) is 1.93. The zero-order valence-electron chi connectivity index (χ0n) is 8.90. The molecular weight excluding hydrogens is 176 g/mol. The van der Waals surface area contributed by atoms with Crippen LogP contribution in [0.25, 0.3) is 0 Å². The summed E-state index contributed by atoms with van der Waals surface area (Å²) in [6.07, 6.45) is 4.16. The predicted octanol–water partition coefficient (Wildman–Crippen LogP) is 2.12. The molecule has 1 rings (SSSR count). The molecule has 14 heavy (non-hydrogen) atoms. The normalized spacial score (nSPS) is 12.8. The molecule has 0 saturated heterocycles. The van der Waals surface area contributed by atoms with E-state index in [1.54, 1.807) is 4.68 Å². The second-order valence-corrected chi connectivity index (χ2v) is 3.57. The first-order valence-electron chi connectivity index (χ1n) is 4.94. The van der Waals surface area contributed by atoms with Gasteiger partial charge in [-0.25, -0.2) is 0 Å². The van der Waals surface area contributed by atoms with Gasteiger partial charge in [0.1, 0.15) is 0 Å². The van der Waals surface area contributed by atoms with Gasteiger partial charge >= 0.3 is 0 Å². The highest BCUT2D eigenvalue weighted by Crippen LogP contribution is 2.19. The van der Waals surface area contributed by atoms with E-state index in [-0.39, 0.29) is 0 Å². The minimum absolute atomic E-state index is 0.402. The number of allylic oxidation sites excluding steroid dienone is 1. The fourth-order valence-corrected chi connectivity index (χ4v) is 1.55. The monoisotopic (exact) mass is 194 g/mol. The smallest absolute Gasteiger partial charge is 0.0956 e. The SMILES string of the molecule is C=CCCCC(O)c1cc(C)nn1C. The highest BCUT2D eigenvalue weighted by Gasteiger charge is 2.11. The zero-order chi connectivity index (χ0) is 10.6. The van der Waals surface area contributed by atoms with Gasteiger partial charge in [-0.3, -0.25) is 4.68 Å². The minimum atomic E-state index is -0.402. The van der Waals surface area contributed by atoms with E-state index in [1.165, 1.54) is 0 Å². The molecule has 78 valence electrons. The first kappa shape index (κ1) is 11.0. The van der Waals surface area contributed by atoms with Crippen LogP contribution in [-0.2, 0) is 7.05 Å². The van der Waals surface area contributed by atoms with Crippen LogP contribution >= 0.6 is 0 Å². The highest BCUT2D eigenvalue weighted by atomic mass is 16.3. The molecule has 0 aliphatic heterocycles. The summed E-state index contributed by atoms with van der Waals surface area (Å²) < 4.78 is 1.74. The maximum absolute atomic E-state index is 9.85. The molecule has 3 heteroatoms. The van der Waals surface area contributed by atoms with Crippen LogP contribution in [0.3, 0.4) is 0 Å². The number of aromatic nitrogens is 2. The number of aryl methyl sites for hydroxylation is 2. The van der Waals surface area contributed by atoms with Crippen molar-refractivity contribution in [3.63, 3.8) is 0 Å². The van der Waals surface area contributed by atoms with Crippen LogP contribution in [0.5, 0.6) is 0 Å². The van der Waals surface area contributed by atoms with Crippen LogP contribution in [0.4, 0.5) is 0 Å². The molecule has 0 bridgehead atoms. The van der Waals surface area contributed by atoms with Gasteiger partial charge < -0.3 is 5.11 Å². The molecule has 0 aliphatic rings. The van der Waals surface area contributed by atoms with Crippen molar-refractivity contribution in [2.45, 2.75) is 32.3 Å². The second kappa shape index (κ2) is 4.96. The van der Waals surface area contributed by atoms with Crippen LogP contribution in [0, 0.1) is 6.92 Å². The van der Waals surface area contributed by atoms with E-state index in [0.29, 0.717) is 0 Å². The van der Waals surface area contributed by atoms with Crippen molar-refractivity contribution in [2.75, 3.05) is 0 Å². The van der Waals surface area contributed by atoms with Gasteiger partial charge in [-0.2, -0.15) is 5.10 Å². The lowest BCUT2D eigenvalue weighted by Gasteiger charge is -2.09. The first-order chi connectivity index (χ1) is 6.65. The van der Waals surface area contributed by atoms with Gasteiger partial charge in [-0.05, 0) is 32.3 Å². The third kappa shape index (κ3) is 2.70. The fraction of sp³-hybridized carbons (Fsp3) is 0.545. The van der Waals surface area contributed by atoms with Crippen molar-refractivity contribution in [1.82, 2.24) is 9.78 Å². The second-order valence-electron chi connectivity index (χ2n) is 3.57. The number of hydrogen-bond donors (Lipinski definition) is 1. The Kier molecular flexibility index (Phi) is 3.89. The molecule has 1 heterocycles. The Bertz CT molecular complexity index is 304. The summed E-state index contributed by atoms with van der Waals surface area (Å²) in [5, 5.41) is 14.0. The van der Waals surface area contributed by atoms with Crippen molar-refractivity contribution in [2.24, 2.45) is 7.05 Å². The Morgan fingerprint density at radius 3 is 2.93 bits per heavy atom. The molecule has 3 nitrogen and oxygen atoms in total. The van der Waals surface area contributed by atoms with Crippen LogP contribution in [0.2, 0.25) is 0 Å². The summed E-state index contributed by atoms with van der Waals surface area (Å²) in [7, 11) is 1.86. The van der Waals surface area contributed by atoms with Gasteiger partial charge in [0, 0.05) is 7.05 Å². The zero-order valence-corrected chi connectivity index (χ0v) is 8.90. The number of hydrogen-bond acceptors (Lipinski definition) is 2. The van der Waals surface area contributed by atoms with E-state index >= 15 is 0 Å². The number of nitrogens with zero attached hydrogens (tertiary/aromatic N) is 2. The van der Waals surface area contributed by atoms with E-state index in [0.717, 1.165) is 30.7 Å². The van der Waals surface area contributed by atoms with E-state index < -0.39 is 6.10 Å². The average Bonchev–Trinajstić information content (AvgIpc) is 2.45. The van der Waals surface area contributed by atoms with Gasteiger partial charge in [0.25, 0.3) is 0 Å². The van der Waals surface area contributed by atoms with Gasteiger partial charge in [0.05, 0.1) is 17.5 Å². The molecule has 0 aliphatic carbocycles. The number of aliphatic hydroxyl groups excluding tert-OH is 1. The summed E-state index contributed by atoms with van der Waals surface area (Å²) in [5.41, 5.74) is 1.84. The molecule has 0 amide bonds. The summed E-state index contributed by atoms with van der Waals surface area (Å²) >= 11 is 0. The van der Waals surface area contributed by atoms with Crippen molar-refractivity contribution >= 4 is 0 Å². The van der Waals surface area contributed by atoms with Crippen molar-refractivity contribution in [1.29, 1.82) is 0 Å². The molecular formula is C11H18N2O. The molecule has 0 aromatic carbocycles.